The zero-order chi connectivity index (χ0) is 23.0. The molecular weight excluding hydrogens is 449 g/mol. The summed E-state index contributed by atoms with van der Waals surface area (Å²) in [6.07, 6.45) is -1.11. The second-order valence-electron chi connectivity index (χ2n) is 6.47. The number of nitrogens with one attached hydrogen (secondary N) is 3. The Hall–Kier alpha value is -3.14. The van der Waals surface area contributed by atoms with Gasteiger partial charge in [-0.2, -0.15) is 0 Å². The van der Waals surface area contributed by atoms with E-state index >= 15 is 0 Å². The highest BCUT2D eigenvalue weighted by Gasteiger charge is 2.29. The highest BCUT2D eigenvalue weighted by Crippen LogP contribution is 2.15. The minimum absolute atomic E-state index is 0.399. The molecule has 0 saturated heterocycles. The van der Waals surface area contributed by atoms with Crippen LogP contribution in [0.1, 0.15) is 12.8 Å². The van der Waals surface area contributed by atoms with Crippen LogP contribution < -0.4 is 16.0 Å². The van der Waals surface area contributed by atoms with Gasteiger partial charge >= 0.3 is 11.9 Å². The fraction of sp³-hybridized carbons (Fsp3) is 0.200. The molecule has 0 radical (unpaired) electrons. The predicted octanol–water partition coefficient (Wildman–Crippen LogP) is 2.85. The van der Waals surface area contributed by atoms with Crippen LogP contribution >= 0.6 is 23.2 Å². The molecule has 2 atom stereocenters. The lowest BCUT2D eigenvalue weighted by Crippen LogP contribution is -2.49. The van der Waals surface area contributed by atoms with Crippen LogP contribution in [0, 0.1) is 0 Å². The van der Waals surface area contributed by atoms with Crippen LogP contribution in [0.4, 0.5) is 11.4 Å². The first-order chi connectivity index (χ1) is 14.6. The van der Waals surface area contributed by atoms with E-state index in [0.717, 1.165) is 0 Å². The molecule has 31 heavy (non-hydrogen) atoms. The van der Waals surface area contributed by atoms with Gasteiger partial charge in [-0.1, -0.05) is 23.2 Å². The Morgan fingerprint density at radius 3 is 1.29 bits per heavy atom. The standard InChI is InChI=1S/C20H19Cl2N3O6/c21-11-1-5-13(6-2-11)23-17(26)9-15(19(28)29)25-16(20(30)31)10-18(27)24-14-7-3-12(22)4-8-14/h1-8,15-16,25H,9-10H2,(H,23,26)(H,24,27)(H,28,29)(H,30,31)/t15-,16-/m1/s1. The number of amides is 2. The third kappa shape index (κ3) is 8.25. The lowest BCUT2D eigenvalue weighted by atomic mass is 10.1. The van der Waals surface area contributed by atoms with Crippen LogP contribution in [0.15, 0.2) is 48.5 Å². The number of benzene rings is 2. The number of anilines is 2. The van der Waals surface area contributed by atoms with Crippen LogP contribution in [0.3, 0.4) is 0 Å². The summed E-state index contributed by atoms with van der Waals surface area (Å²) in [6, 6.07) is 9.25. The molecule has 2 rings (SSSR count). The lowest BCUT2D eigenvalue weighted by Gasteiger charge is -2.20. The number of halogens is 2. The van der Waals surface area contributed by atoms with Crippen LogP contribution in [-0.2, 0) is 19.2 Å². The highest BCUT2D eigenvalue weighted by atomic mass is 35.5. The van der Waals surface area contributed by atoms with E-state index in [4.69, 9.17) is 23.2 Å². The van der Waals surface area contributed by atoms with Crippen molar-refractivity contribution in [3.05, 3.63) is 58.6 Å². The van der Waals surface area contributed by atoms with Gasteiger partial charge in [-0.3, -0.25) is 24.5 Å². The van der Waals surface area contributed by atoms with Crippen LogP contribution in [0.2, 0.25) is 10.0 Å². The fourth-order valence-electron chi connectivity index (χ4n) is 2.54. The molecule has 2 aromatic rings. The molecule has 0 spiro atoms. The molecule has 0 heterocycles. The summed E-state index contributed by atoms with van der Waals surface area (Å²) in [4.78, 5) is 47.4. The van der Waals surface area contributed by atoms with E-state index in [9.17, 15) is 29.4 Å². The van der Waals surface area contributed by atoms with E-state index in [1.165, 1.54) is 24.3 Å². The minimum Gasteiger partial charge on any atom is -0.480 e. The monoisotopic (exact) mass is 467 g/mol. The van der Waals surface area contributed by atoms with Gasteiger partial charge in [0.25, 0.3) is 0 Å². The third-order valence-electron chi connectivity index (χ3n) is 4.03. The summed E-state index contributed by atoms with van der Waals surface area (Å²) in [6.45, 7) is 0. The van der Waals surface area contributed by atoms with Crippen molar-refractivity contribution in [2.45, 2.75) is 24.9 Å². The number of carboxylic acids is 2. The molecule has 2 aromatic carbocycles. The molecule has 11 heteroatoms. The van der Waals surface area contributed by atoms with E-state index in [2.05, 4.69) is 16.0 Å². The van der Waals surface area contributed by atoms with E-state index < -0.39 is 48.7 Å². The Bertz CT molecular complexity index is 873. The van der Waals surface area contributed by atoms with Gasteiger partial charge in [0.05, 0.1) is 12.8 Å². The zero-order valence-corrected chi connectivity index (χ0v) is 17.5. The first-order valence-electron chi connectivity index (χ1n) is 8.96. The second-order valence-corrected chi connectivity index (χ2v) is 7.34. The molecule has 9 nitrogen and oxygen atoms in total. The smallest absolute Gasteiger partial charge is 0.321 e. The second kappa shape index (κ2) is 11.3. The Labute approximate surface area is 187 Å². The molecule has 5 N–H and O–H groups in total. The molecule has 0 saturated carbocycles. The van der Waals surface area contributed by atoms with Crippen molar-refractivity contribution in [3.8, 4) is 0 Å². The molecule has 0 aromatic heterocycles. The van der Waals surface area contributed by atoms with Crippen molar-refractivity contribution in [1.82, 2.24) is 5.32 Å². The van der Waals surface area contributed by atoms with Crippen molar-refractivity contribution in [2.75, 3.05) is 10.6 Å². The van der Waals surface area contributed by atoms with Crippen molar-refractivity contribution in [2.24, 2.45) is 0 Å². The van der Waals surface area contributed by atoms with E-state index in [0.29, 0.717) is 21.4 Å². The van der Waals surface area contributed by atoms with Gasteiger partial charge in [-0.05, 0) is 48.5 Å². The predicted molar refractivity (Wildman–Crippen MR) is 115 cm³/mol. The SMILES string of the molecule is O=C(C[C@@H](N[C@H](CC(=O)Nc1ccc(Cl)cc1)C(=O)O)C(=O)O)Nc1ccc(Cl)cc1. The number of rotatable bonds is 10. The number of aliphatic carboxylic acids is 2. The summed E-state index contributed by atoms with van der Waals surface area (Å²) in [5, 5.41) is 27.0. The molecule has 0 aliphatic rings. The Kier molecular flexibility index (Phi) is 8.80. The van der Waals surface area contributed by atoms with E-state index in [-0.39, 0.29) is 0 Å². The normalized spacial score (nSPS) is 12.5. The number of carbonyl (C=O) groups excluding carboxylic acids is 2. The average molecular weight is 468 g/mol. The van der Waals surface area contributed by atoms with Gasteiger partial charge in [0, 0.05) is 21.4 Å². The molecule has 164 valence electrons. The maximum Gasteiger partial charge on any atom is 0.321 e. The van der Waals surface area contributed by atoms with Gasteiger partial charge in [-0.25, -0.2) is 0 Å². The molecule has 2 amide bonds. The third-order valence-corrected chi connectivity index (χ3v) is 4.54. The Balaban J connectivity index is 1.98. The summed E-state index contributed by atoms with van der Waals surface area (Å²) < 4.78 is 0. The molecule has 0 bridgehead atoms. The fourth-order valence-corrected chi connectivity index (χ4v) is 2.79. The summed E-state index contributed by atoms with van der Waals surface area (Å²) >= 11 is 11.5. The molecule has 0 aliphatic heterocycles. The van der Waals surface area contributed by atoms with Crippen molar-refractivity contribution >= 4 is 58.3 Å². The molecule has 0 unspecified atom stereocenters. The van der Waals surface area contributed by atoms with Crippen molar-refractivity contribution in [3.63, 3.8) is 0 Å². The minimum atomic E-state index is -1.53. The zero-order valence-electron chi connectivity index (χ0n) is 16.0. The Morgan fingerprint density at radius 2 is 1.00 bits per heavy atom. The molecule has 0 aliphatic carbocycles. The lowest BCUT2D eigenvalue weighted by molar-refractivity contribution is -0.144. The van der Waals surface area contributed by atoms with Crippen LogP contribution in [0.5, 0.6) is 0 Å². The van der Waals surface area contributed by atoms with Gasteiger partial charge in [0.15, 0.2) is 0 Å². The summed E-state index contributed by atoms with van der Waals surface area (Å²) in [7, 11) is 0. The molecule has 0 fully saturated rings. The highest BCUT2D eigenvalue weighted by molar-refractivity contribution is 6.31. The van der Waals surface area contributed by atoms with Gasteiger partial charge in [-0.15, -0.1) is 0 Å². The van der Waals surface area contributed by atoms with Crippen molar-refractivity contribution < 1.29 is 29.4 Å². The quantitative estimate of drug-likeness (QED) is 0.361. The maximum atomic E-state index is 12.2. The van der Waals surface area contributed by atoms with Crippen LogP contribution in [0.25, 0.3) is 0 Å². The van der Waals surface area contributed by atoms with E-state index in [1.54, 1.807) is 24.3 Å². The number of hydrogen-bond donors (Lipinski definition) is 5. The first kappa shape index (κ1) is 24.1. The largest absolute Gasteiger partial charge is 0.480 e. The first-order valence-corrected chi connectivity index (χ1v) is 9.72. The van der Waals surface area contributed by atoms with Crippen molar-refractivity contribution in [1.29, 1.82) is 0 Å². The summed E-state index contributed by atoms with van der Waals surface area (Å²) in [5.74, 6) is -4.18. The number of carbonyl (C=O) groups is 4. The average Bonchev–Trinajstić information content (AvgIpc) is 2.70. The number of hydrogen-bond acceptors (Lipinski definition) is 5. The van der Waals surface area contributed by atoms with Crippen LogP contribution in [-0.4, -0.2) is 46.0 Å². The van der Waals surface area contributed by atoms with Gasteiger partial charge in [0.1, 0.15) is 12.1 Å². The maximum absolute atomic E-state index is 12.2. The summed E-state index contributed by atoms with van der Waals surface area (Å²) in [5.41, 5.74) is 0.798. The van der Waals surface area contributed by atoms with Gasteiger partial charge < -0.3 is 20.8 Å². The number of carboxylic acid groups (broad SMARTS) is 2. The van der Waals surface area contributed by atoms with E-state index in [1.807, 2.05) is 0 Å². The van der Waals surface area contributed by atoms with Gasteiger partial charge in [0.2, 0.25) is 11.8 Å². The Morgan fingerprint density at radius 1 is 0.677 bits per heavy atom. The topological polar surface area (TPSA) is 145 Å². The molecular formula is C20H19Cl2N3O6.